The summed E-state index contributed by atoms with van der Waals surface area (Å²) in [5.74, 6) is -0.919. The van der Waals surface area contributed by atoms with Crippen LogP contribution in [0.15, 0.2) is 24.4 Å². The highest BCUT2D eigenvalue weighted by Gasteiger charge is 2.26. The highest BCUT2D eigenvalue weighted by atomic mass is 16.5. The van der Waals surface area contributed by atoms with Gasteiger partial charge in [-0.2, -0.15) is 0 Å². The van der Waals surface area contributed by atoms with Gasteiger partial charge in [0.1, 0.15) is 5.56 Å². The molecule has 0 unspecified atom stereocenters. The molecule has 2 aromatic rings. The standard InChI is InChI=1S/C19H24N4O3/c1-21-5-7-23(8-6-21)18-14-3-2-4-16(22-9-11-26-12-10-22)17(14)20-13-15(18)19(24)25/h2-4,13H,5-12H2,1H3,(H,24,25)/p+1. The van der Waals surface area contributed by atoms with E-state index in [0.717, 1.165) is 61.5 Å². The molecular formula is C19H25N4O3+. The first-order valence-electron chi connectivity index (χ1n) is 9.19. The van der Waals surface area contributed by atoms with Crippen LogP contribution in [0.25, 0.3) is 10.9 Å². The lowest BCUT2D eigenvalue weighted by atomic mass is 10.1. The first-order chi connectivity index (χ1) is 12.6. The second-order valence-corrected chi connectivity index (χ2v) is 7.04. The first kappa shape index (κ1) is 17.1. The molecule has 2 N–H and O–H groups in total. The number of piperazine rings is 1. The second kappa shape index (κ2) is 7.09. The van der Waals surface area contributed by atoms with Crippen LogP contribution in [0.3, 0.4) is 0 Å². The molecule has 2 fully saturated rings. The van der Waals surface area contributed by atoms with E-state index in [1.54, 1.807) is 0 Å². The Hall–Kier alpha value is -2.38. The summed E-state index contributed by atoms with van der Waals surface area (Å²) in [5, 5.41) is 10.7. The van der Waals surface area contributed by atoms with Crippen molar-refractivity contribution in [2.45, 2.75) is 0 Å². The van der Waals surface area contributed by atoms with E-state index in [2.05, 4.69) is 27.9 Å². The molecule has 2 aliphatic rings. The van der Waals surface area contributed by atoms with Crippen molar-refractivity contribution in [3.8, 4) is 0 Å². The lowest BCUT2D eigenvalue weighted by Crippen LogP contribution is -3.12. The quantitative estimate of drug-likeness (QED) is 0.812. The number of anilines is 2. The molecule has 26 heavy (non-hydrogen) atoms. The van der Waals surface area contributed by atoms with Gasteiger partial charge in [0.2, 0.25) is 0 Å². The SMILES string of the molecule is C[NH+]1CCN(c2c(C(=O)O)cnc3c(N4CCOCC4)cccc23)CC1. The molecule has 7 heteroatoms. The van der Waals surface area contributed by atoms with Gasteiger partial charge >= 0.3 is 5.97 Å². The van der Waals surface area contributed by atoms with Crippen LogP contribution >= 0.6 is 0 Å². The van der Waals surface area contributed by atoms with Crippen LogP contribution in [0.1, 0.15) is 10.4 Å². The Kier molecular flexibility index (Phi) is 4.65. The lowest BCUT2D eigenvalue weighted by molar-refractivity contribution is -0.880. The number of aromatic nitrogens is 1. The zero-order valence-electron chi connectivity index (χ0n) is 15.1. The van der Waals surface area contributed by atoms with Gasteiger partial charge in [-0.05, 0) is 6.07 Å². The average molecular weight is 357 g/mol. The molecule has 7 nitrogen and oxygen atoms in total. The van der Waals surface area contributed by atoms with E-state index in [-0.39, 0.29) is 5.56 Å². The number of hydrogen-bond acceptors (Lipinski definition) is 5. The van der Waals surface area contributed by atoms with Crippen molar-refractivity contribution in [1.29, 1.82) is 0 Å². The number of ether oxygens (including phenoxy) is 1. The largest absolute Gasteiger partial charge is 0.478 e. The fourth-order valence-electron chi connectivity index (χ4n) is 3.86. The maximum atomic E-state index is 11.9. The molecule has 4 rings (SSSR count). The van der Waals surface area contributed by atoms with Gasteiger partial charge in [-0.25, -0.2) is 4.79 Å². The van der Waals surface area contributed by atoms with Crippen molar-refractivity contribution in [2.75, 3.05) is 69.3 Å². The van der Waals surface area contributed by atoms with Crippen molar-refractivity contribution in [1.82, 2.24) is 4.98 Å². The van der Waals surface area contributed by atoms with Crippen LogP contribution < -0.4 is 14.7 Å². The minimum Gasteiger partial charge on any atom is -0.478 e. The maximum absolute atomic E-state index is 11.9. The number of aromatic carboxylic acids is 1. The number of rotatable bonds is 3. The van der Waals surface area contributed by atoms with E-state index in [9.17, 15) is 9.90 Å². The van der Waals surface area contributed by atoms with Gasteiger partial charge in [-0.1, -0.05) is 12.1 Å². The number of fused-ring (bicyclic) bond motifs is 1. The van der Waals surface area contributed by atoms with Crippen LogP contribution in [-0.4, -0.2) is 75.6 Å². The average Bonchev–Trinajstić information content (AvgIpc) is 2.68. The van der Waals surface area contributed by atoms with Crippen LogP contribution in [0, 0.1) is 0 Å². The zero-order valence-corrected chi connectivity index (χ0v) is 15.1. The Labute approximate surface area is 152 Å². The fraction of sp³-hybridized carbons (Fsp3) is 0.474. The Morgan fingerprint density at radius 2 is 1.88 bits per heavy atom. The molecule has 2 saturated heterocycles. The predicted molar refractivity (Wildman–Crippen MR) is 101 cm³/mol. The van der Waals surface area contributed by atoms with Crippen molar-refractivity contribution in [3.05, 3.63) is 30.0 Å². The van der Waals surface area contributed by atoms with Crippen LogP contribution in [0.2, 0.25) is 0 Å². The smallest absolute Gasteiger partial charge is 0.339 e. The summed E-state index contributed by atoms with van der Waals surface area (Å²) in [7, 11) is 2.18. The van der Waals surface area contributed by atoms with Gasteiger partial charge in [0.05, 0.1) is 63.3 Å². The van der Waals surface area contributed by atoms with E-state index in [0.29, 0.717) is 13.2 Å². The number of quaternary nitrogens is 1. The summed E-state index contributed by atoms with van der Waals surface area (Å²) in [5.41, 5.74) is 3.03. The number of morpholine rings is 1. The third-order valence-corrected chi connectivity index (χ3v) is 5.36. The number of hydrogen-bond donors (Lipinski definition) is 2. The van der Waals surface area contributed by atoms with Gasteiger partial charge in [-0.3, -0.25) is 4.98 Å². The highest BCUT2D eigenvalue weighted by Crippen LogP contribution is 2.35. The van der Waals surface area contributed by atoms with Crippen LogP contribution in [0.5, 0.6) is 0 Å². The Morgan fingerprint density at radius 3 is 2.58 bits per heavy atom. The Bertz CT molecular complexity index is 812. The summed E-state index contributed by atoms with van der Waals surface area (Å²) < 4.78 is 5.46. The molecule has 2 aliphatic heterocycles. The third kappa shape index (κ3) is 3.08. The summed E-state index contributed by atoms with van der Waals surface area (Å²) in [6.07, 6.45) is 1.52. The van der Waals surface area contributed by atoms with Gasteiger partial charge in [-0.15, -0.1) is 0 Å². The second-order valence-electron chi connectivity index (χ2n) is 7.04. The van der Waals surface area contributed by atoms with E-state index >= 15 is 0 Å². The van der Waals surface area contributed by atoms with Gasteiger partial charge in [0.15, 0.2) is 0 Å². The predicted octanol–water partition coefficient (Wildman–Crippen LogP) is 0.104. The molecule has 0 aliphatic carbocycles. The normalized spacial score (nSPS) is 19.1. The number of carboxylic acid groups (broad SMARTS) is 1. The summed E-state index contributed by atoms with van der Waals surface area (Å²) in [4.78, 5) is 22.4. The van der Waals surface area contributed by atoms with Gasteiger partial charge < -0.3 is 24.5 Å². The van der Waals surface area contributed by atoms with Crippen molar-refractivity contribution in [2.24, 2.45) is 0 Å². The van der Waals surface area contributed by atoms with E-state index in [1.807, 2.05) is 12.1 Å². The first-order valence-corrected chi connectivity index (χ1v) is 9.19. The molecule has 0 bridgehead atoms. The summed E-state index contributed by atoms with van der Waals surface area (Å²) >= 11 is 0. The van der Waals surface area contributed by atoms with E-state index < -0.39 is 5.97 Å². The topological polar surface area (TPSA) is 70.3 Å². The third-order valence-electron chi connectivity index (χ3n) is 5.36. The van der Waals surface area contributed by atoms with E-state index in [1.165, 1.54) is 11.1 Å². The molecule has 0 amide bonds. The molecule has 3 heterocycles. The van der Waals surface area contributed by atoms with E-state index in [4.69, 9.17) is 4.74 Å². The number of para-hydroxylation sites is 1. The molecule has 138 valence electrons. The monoisotopic (exact) mass is 357 g/mol. The molecule has 0 atom stereocenters. The fourth-order valence-corrected chi connectivity index (χ4v) is 3.86. The van der Waals surface area contributed by atoms with Gasteiger partial charge in [0, 0.05) is 24.7 Å². The number of nitrogens with one attached hydrogen (secondary N) is 1. The molecular weight excluding hydrogens is 332 g/mol. The van der Waals surface area contributed by atoms with Crippen molar-refractivity contribution >= 4 is 28.2 Å². The van der Waals surface area contributed by atoms with Crippen molar-refractivity contribution in [3.63, 3.8) is 0 Å². The lowest BCUT2D eigenvalue weighted by Gasteiger charge is -2.34. The Morgan fingerprint density at radius 1 is 1.15 bits per heavy atom. The molecule has 1 aromatic heterocycles. The minimum absolute atomic E-state index is 0.288. The number of pyridine rings is 1. The summed E-state index contributed by atoms with van der Waals surface area (Å²) in [6, 6.07) is 6.07. The minimum atomic E-state index is -0.919. The summed E-state index contributed by atoms with van der Waals surface area (Å²) in [6.45, 7) is 6.79. The number of likely N-dealkylation sites (N-methyl/N-ethyl adjacent to an activating group) is 1. The van der Waals surface area contributed by atoms with Crippen LogP contribution in [0.4, 0.5) is 11.4 Å². The molecule has 0 spiro atoms. The van der Waals surface area contributed by atoms with Crippen molar-refractivity contribution < 1.29 is 19.5 Å². The number of carboxylic acids is 1. The highest BCUT2D eigenvalue weighted by molar-refractivity contribution is 6.07. The maximum Gasteiger partial charge on any atom is 0.339 e. The zero-order chi connectivity index (χ0) is 18.1. The van der Waals surface area contributed by atoms with Crippen LogP contribution in [-0.2, 0) is 4.74 Å². The molecule has 0 saturated carbocycles. The number of carbonyl (C=O) groups is 1. The van der Waals surface area contributed by atoms with Gasteiger partial charge in [0.25, 0.3) is 0 Å². The molecule has 1 aromatic carbocycles. The number of nitrogens with zero attached hydrogens (tertiary/aromatic N) is 3. The Balaban J connectivity index is 1.84. The number of benzene rings is 1. The molecule has 0 radical (unpaired) electrons.